The molecule has 1 aliphatic rings. The third-order valence-corrected chi connectivity index (χ3v) is 7.43. The van der Waals surface area contributed by atoms with E-state index in [0.29, 0.717) is 19.4 Å². The van der Waals surface area contributed by atoms with Gasteiger partial charge in [-0.3, -0.25) is 14.9 Å². The van der Waals surface area contributed by atoms with E-state index in [1.807, 2.05) is 0 Å². The molecule has 42 heavy (non-hydrogen) atoms. The van der Waals surface area contributed by atoms with E-state index in [2.05, 4.69) is 0 Å². The van der Waals surface area contributed by atoms with Crippen LogP contribution in [0.25, 0.3) is 0 Å². The standard InChI is InChI=1S/C29H43N3O10/c1-9-19(10-2)29(25(34)35,26(36)37)41-23-14-18(5)21(15-22(23)32(39)40)24(33)31(17(3)4)20-12-11-13-30(16-20)27(38)42-28(6,7)8/h14-15,17,19-20H,9-13,16H2,1-8H3,(H,34,35)(H,36,37)/t20-/m1/s1. The maximum atomic E-state index is 13.9. The van der Waals surface area contributed by atoms with E-state index in [4.69, 9.17) is 9.47 Å². The molecule has 0 aliphatic carbocycles. The van der Waals surface area contributed by atoms with E-state index in [1.165, 1.54) is 6.92 Å². The maximum absolute atomic E-state index is 13.9. The number of nitro benzene ring substituents is 1. The Morgan fingerprint density at radius 3 is 2.14 bits per heavy atom. The molecule has 1 aliphatic heterocycles. The number of amides is 2. The molecule has 0 spiro atoms. The SMILES string of the molecule is CCC(CC)C(Oc1cc(C)c(C(=O)N(C(C)C)[C@@H]2CCCN(C(=O)OC(C)(C)C)C2)cc1[N+](=O)[O-])(C(=O)O)C(=O)O. The molecule has 0 aromatic heterocycles. The van der Waals surface area contributed by atoms with Gasteiger partial charge < -0.3 is 29.5 Å². The molecule has 0 unspecified atom stereocenters. The maximum Gasteiger partial charge on any atom is 0.410 e. The number of benzene rings is 1. The second kappa shape index (κ2) is 13.4. The number of carbonyl (C=O) groups excluding carboxylic acids is 2. The zero-order chi connectivity index (χ0) is 32.2. The first-order chi connectivity index (χ1) is 19.4. The number of piperidine rings is 1. The summed E-state index contributed by atoms with van der Waals surface area (Å²) in [5.41, 5.74) is -3.98. The molecule has 1 aromatic carbocycles. The number of carboxylic acids is 2. The van der Waals surface area contributed by atoms with Crippen LogP contribution in [0.15, 0.2) is 12.1 Å². The molecule has 1 saturated heterocycles. The summed E-state index contributed by atoms with van der Waals surface area (Å²) < 4.78 is 11.1. The molecule has 13 nitrogen and oxygen atoms in total. The van der Waals surface area contributed by atoms with Gasteiger partial charge in [-0.2, -0.15) is 0 Å². The zero-order valence-electron chi connectivity index (χ0n) is 25.6. The average Bonchev–Trinajstić information content (AvgIpc) is 2.87. The highest BCUT2D eigenvalue weighted by Gasteiger charge is 2.55. The largest absolute Gasteiger partial charge is 0.478 e. The van der Waals surface area contributed by atoms with Gasteiger partial charge >= 0.3 is 29.3 Å². The van der Waals surface area contributed by atoms with Gasteiger partial charge in [-0.1, -0.05) is 13.8 Å². The first-order valence-corrected chi connectivity index (χ1v) is 14.2. The number of rotatable bonds is 11. The highest BCUT2D eigenvalue weighted by atomic mass is 16.6. The molecule has 0 bridgehead atoms. The van der Waals surface area contributed by atoms with Crippen molar-refractivity contribution < 1.29 is 43.8 Å². The van der Waals surface area contributed by atoms with Crippen LogP contribution in [0.3, 0.4) is 0 Å². The van der Waals surface area contributed by atoms with Gasteiger partial charge in [0.25, 0.3) is 5.91 Å². The van der Waals surface area contributed by atoms with Crippen LogP contribution in [-0.2, 0) is 14.3 Å². The second-order valence-electron chi connectivity index (χ2n) is 11.9. The van der Waals surface area contributed by atoms with Crippen molar-refractivity contribution in [1.82, 2.24) is 9.80 Å². The number of carbonyl (C=O) groups is 4. The average molecular weight is 594 g/mol. The van der Waals surface area contributed by atoms with Gasteiger partial charge in [0.05, 0.1) is 11.0 Å². The van der Waals surface area contributed by atoms with Gasteiger partial charge in [-0.25, -0.2) is 14.4 Å². The monoisotopic (exact) mass is 593 g/mol. The number of ether oxygens (including phenoxy) is 2. The summed E-state index contributed by atoms with van der Waals surface area (Å²) in [6.45, 7) is 14.3. The Labute approximate surface area is 245 Å². The first-order valence-electron chi connectivity index (χ1n) is 14.2. The van der Waals surface area contributed by atoms with Crippen LogP contribution in [0.2, 0.25) is 0 Å². The van der Waals surface area contributed by atoms with Gasteiger partial charge in [0, 0.05) is 36.7 Å². The van der Waals surface area contributed by atoms with E-state index >= 15 is 0 Å². The quantitative estimate of drug-likeness (QED) is 0.204. The lowest BCUT2D eigenvalue weighted by molar-refractivity contribution is -0.386. The highest BCUT2D eigenvalue weighted by Crippen LogP contribution is 2.38. The van der Waals surface area contributed by atoms with Gasteiger partial charge in [-0.05, 0) is 78.9 Å². The third-order valence-electron chi connectivity index (χ3n) is 7.43. The summed E-state index contributed by atoms with van der Waals surface area (Å²) in [6.07, 6.45) is 0.984. The molecular weight excluding hydrogens is 550 g/mol. The Kier molecular flexibility index (Phi) is 10.9. The summed E-state index contributed by atoms with van der Waals surface area (Å²) in [5, 5.41) is 32.0. The third kappa shape index (κ3) is 7.29. The predicted molar refractivity (Wildman–Crippen MR) is 153 cm³/mol. The van der Waals surface area contributed by atoms with Gasteiger partial charge in [0.2, 0.25) is 0 Å². The van der Waals surface area contributed by atoms with Crippen molar-refractivity contribution >= 4 is 29.6 Å². The molecule has 13 heteroatoms. The Morgan fingerprint density at radius 1 is 1.12 bits per heavy atom. The molecular formula is C29H43N3O10. The van der Waals surface area contributed by atoms with E-state index < -0.39 is 63.5 Å². The normalized spacial score (nSPS) is 15.9. The van der Waals surface area contributed by atoms with Gasteiger partial charge in [0.15, 0.2) is 5.75 Å². The minimum Gasteiger partial charge on any atom is -0.478 e. The minimum absolute atomic E-state index is 0.0177. The molecule has 234 valence electrons. The number of likely N-dealkylation sites (tertiary alicyclic amines) is 1. The Balaban J connectivity index is 2.55. The predicted octanol–water partition coefficient (Wildman–Crippen LogP) is 4.88. The molecule has 1 fully saturated rings. The molecule has 1 aromatic rings. The number of aliphatic carboxylic acids is 2. The summed E-state index contributed by atoms with van der Waals surface area (Å²) >= 11 is 0. The number of nitrogens with zero attached hydrogens (tertiary/aromatic N) is 3. The van der Waals surface area contributed by atoms with Crippen molar-refractivity contribution in [3.63, 3.8) is 0 Å². The van der Waals surface area contributed by atoms with Crippen LogP contribution in [0.5, 0.6) is 5.75 Å². The van der Waals surface area contributed by atoms with E-state index in [1.54, 1.807) is 58.3 Å². The van der Waals surface area contributed by atoms with E-state index in [0.717, 1.165) is 12.1 Å². The molecule has 2 rings (SSSR count). The minimum atomic E-state index is -2.77. The van der Waals surface area contributed by atoms with Crippen LogP contribution in [0.1, 0.15) is 90.1 Å². The molecule has 1 heterocycles. The van der Waals surface area contributed by atoms with Crippen molar-refractivity contribution in [2.45, 2.75) is 104 Å². The van der Waals surface area contributed by atoms with Crippen molar-refractivity contribution in [3.8, 4) is 5.75 Å². The fourth-order valence-corrected chi connectivity index (χ4v) is 5.41. The zero-order valence-corrected chi connectivity index (χ0v) is 25.6. The molecule has 0 radical (unpaired) electrons. The van der Waals surface area contributed by atoms with Crippen LogP contribution in [0, 0.1) is 23.0 Å². The van der Waals surface area contributed by atoms with Gasteiger partial charge in [-0.15, -0.1) is 0 Å². The first kappa shape index (κ1) is 34.3. The summed E-state index contributed by atoms with van der Waals surface area (Å²) in [4.78, 5) is 65.7. The molecule has 0 saturated carbocycles. The lowest BCUT2D eigenvalue weighted by atomic mass is 9.83. The van der Waals surface area contributed by atoms with Crippen molar-refractivity contribution in [2.75, 3.05) is 13.1 Å². The summed E-state index contributed by atoms with van der Waals surface area (Å²) in [6, 6.07) is 1.41. The summed E-state index contributed by atoms with van der Waals surface area (Å²) in [5.74, 6) is -5.64. The fourth-order valence-electron chi connectivity index (χ4n) is 5.41. The number of aryl methyl sites for hydroxylation is 1. The number of hydrogen-bond donors (Lipinski definition) is 2. The molecule has 2 amide bonds. The topological polar surface area (TPSA) is 177 Å². The number of carboxylic acid groups (broad SMARTS) is 2. The smallest absolute Gasteiger partial charge is 0.410 e. The van der Waals surface area contributed by atoms with Crippen LogP contribution in [-0.4, -0.2) is 85.3 Å². The lowest BCUT2D eigenvalue weighted by Crippen LogP contribution is -2.57. The lowest BCUT2D eigenvalue weighted by Gasteiger charge is -2.41. The Morgan fingerprint density at radius 2 is 1.69 bits per heavy atom. The number of nitro groups is 1. The summed E-state index contributed by atoms with van der Waals surface area (Å²) in [7, 11) is 0. The van der Waals surface area contributed by atoms with E-state index in [9.17, 15) is 39.5 Å². The molecule has 1 atom stereocenters. The van der Waals surface area contributed by atoms with Gasteiger partial charge in [0.1, 0.15) is 5.60 Å². The highest BCUT2D eigenvalue weighted by molar-refractivity contribution is 6.03. The Bertz CT molecular complexity index is 1190. The van der Waals surface area contributed by atoms with Crippen LogP contribution >= 0.6 is 0 Å². The second-order valence-corrected chi connectivity index (χ2v) is 11.9. The van der Waals surface area contributed by atoms with E-state index in [-0.39, 0.29) is 36.6 Å². The van der Waals surface area contributed by atoms with Crippen molar-refractivity contribution in [2.24, 2.45) is 5.92 Å². The number of hydrogen-bond acceptors (Lipinski definition) is 8. The Hall–Kier alpha value is -3.90. The van der Waals surface area contributed by atoms with Crippen LogP contribution < -0.4 is 4.74 Å². The van der Waals surface area contributed by atoms with Crippen LogP contribution in [0.4, 0.5) is 10.5 Å². The fraction of sp³-hybridized carbons (Fsp3) is 0.655. The molecule has 2 N–H and O–H groups in total. The van der Waals surface area contributed by atoms with Crippen molar-refractivity contribution in [1.29, 1.82) is 0 Å². The van der Waals surface area contributed by atoms with Crippen molar-refractivity contribution in [3.05, 3.63) is 33.4 Å².